The minimum atomic E-state index is -0.811. The molecule has 1 aliphatic carbocycles. The number of anilines is 3. The minimum Gasteiger partial charge on any atom is -0.378 e. The second kappa shape index (κ2) is 8.76. The van der Waals surface area contributed by atoms with Crippen molar-refractivity contribution < 1.29 is 14.7 Å². The summed E-state index contributed by atoms with van der Waals surface area (Å²) in [6.45, 7) is 4.75. The van der Waals surface area contributed by atoms with Crippen LogP contribution < -0.4 is 16.1 Å². The van der Waals surface area contributed by atoms with Crippen LogP contribution in [0.3, 0.4) is 0 Å². The fourth-order valence-corrected chi connectivity index (χ4v) is 5.32. The maximum atomic E-state index is 11.5. The average Bonchev–Trinajstić information content (AvgIpc) is 3.55. The fourth-order valence-electron chi connectivity index (χ4n) is 4.29. The Bertz CT molecular complexity index is 1470. The van der Waals surface area contributed by atoms with Gasteiger partial charge >= 0.3 is 0 Å². The van der Waals surface area contributed by atoms with Crippen molar-refractivity contribution in [1.29, 1.82) is 0 Å². The molecule has 0 radical (unpaired) electrons. The monoisotopic (exact) mass is 503 g/mol. The molecule has 3 aromatic rings. The molecule has 0 spiro atoms. The van der Waals surface area contributed by atoms with Crippen LogP contribution in [0.5, 0.6) is 0 Å². The lowest BCUT2D eigenvalue weighted by Gasteiger charge is -2.38. The topological polar surface area (TPSA) is 153 Å². The predicted molar refractivity (Wildman–Crippen MR) is 133 cm³/mol. The summed E-state index contributed by atoms with van der Waals surface area (Å²) in [7, 11) is 0. The molecule has 5 N–H and O–H groups in total. The number of hydrogen-bond donors (Lipinski definition) is 5. The first-order chi connectivity index (χ1) is 17.5. The van der Waals surface area contributed by atoms with E-state index in [0.29, 0.717) is 19.2 Å². The highest BCUT2D eigenvalue weighted by Gasteiger charge is 2.39. The molecule has 1 unspecified atom stereocenters. The Hall–Kier alpha value is -4.25. The number of rotatable bonds is 4. The van der Waals surface area contributed by atoms with E-state index in [1.165, 1.54) is 23.7 Å². The Labute approximate surface area is 209 Å². The third-order valence-corrected chi connectivity index (χ3v) is 7.09. The van der Waals surface area contributed by atoms with Gasteiger partial charge in [-0.3, -0.25) is 15.1 Å². The number of hydrogen-bond acceptors (Lipinski definition) is 11. The summed E-state index contributed by atoms with van der Waals surface area (Å²) in [4.78, 5) is 28.3. The summed E-state index contributed by atoms with van der Waals surface area (Å²) in [6, 6.07) is 1.99. The lowest BCUT2D eigenvalue weighted by atomic mass is 9.92. The molecule has 1 atom stereocenters. The van der Waals surface area contributed by atoms with Crippen molar-refractivity contribution in [2.75, 3.05) is 36.9 Å². The van der Waals surface area contributed by atoms with Gasteiger partial charge in [0.15, 0.2) is 5.66 Å². The SMILES string of the molecule is CC1(C2=C=C=Cc3[nH]ncc32)N=C(N2CCOCC2)c2sc(Nc3ncc(C(=O)NO)cn3)cc2N1. The van der Waals surface area contributed by atoms with Crippen molar-refractivity contribution in [3.05, 3.63) is 57.8 Å². The van der Waals surface area contributed by atoms with E-state index >= 15 is 0 Å². The number of thiophene rings is 1. The van der Waals surface area contributed by atoms with Gasteiger partial charge in [-0.15, -0.1) is 11.3 Å². The number of carbonyl (C=O) groups is 1. The van der Waals surface area contributed by atoms with E-state index in [9.17, 15) is 4.79 Å². The second-order valence-corrected chi connectivity index (χ2v) is 9.48. The lowest BCUT2D eigenvalue weighted by Crippen LogP contribution is -2.47. The van der Waals surface area contributed by atoms with E-state index in [1.54, 1.807) is 11.7 Å². The van der Waals surface area contributed by atoms with Crippen LogP contribution in [0.4, 0.5) is 16.6 Å². The number of nitrogens with zero attached hydrogens (tertiary/aromatic N) is 5. The first kappa shape index (κ1) is 22.2. The number of aliphatic imine (C=N–C) groups is 1. The highest BCUT2D eigenvalue weighted by molar-refractivity contribution is 7.18. The summed E-state index contributed by atoms with van der Waals surface area (Å²) in [5, 5.41) is 23.5. The van der Waals surface area contributed by atoms with E-state index in [4.69, 9.17) is 14.9 Å². The first-order valence-electron chi connectivity index (χ1n) is 11.2. The standard InChI is InChI=1S/C23H21N9O3S/c1-23(15-3-2-4-16-14(15)12-26-30-16)28-17-9-18(27-22-24-10-13(11-25-22)21(33)31-34)36-19(17)20(29-23)32-5-7-35-8-6-32/h4,9-12,28,34H,5-8H2,1H3,(H,26,30)(H,31,33)(H,24,25,27). The number of amides is 1. The Kier molecular flexibility index (Phi) is 5.41. The van der Waals surface area contributed by atoms with Gasteiger partial charge in [0, 0.05) is 37.1 Å². The van der Waals surface area contributed by atoms with Crippen LogP contribution >= 0.6 is 11.3 Å². The van der Waals surface area contributed by atoms with Crippen LogP contribution in [0, 0.1) is 0 Å². The molecule has 12 nitrogen and oxygen atoms in total. The summed E-state index contributed by atoms with van der Waals surface area (Å²) in [5.74, 6) is 0.517. The molecule has 5 heterocycles. The molecule has 3 aliphatic rings. The molecule has 1 fully saturated rings. The third-order valence-electron chi connectivity index (χ3n) is 6.04. The summed E-state index contributed by atoms with van der Waals surface area (Å²) >= 11 is 1.53. The number of morpholine rings is 1. The van der Waals surface area contributed by atoms with Gasteiger partial charge in [-0.25, -0.2) is 20.4 Å². The van der Waals surface area contributed by atoms with Gasteiger partial charge in [0.1, 0.15) is 5.84 Å². The quantitative estimate of drug-likeness (QED) is 0.205. The maximum absolute atomic E-state index is 11.5. The Morgan fingerprint density at radius 1 is 1.28 bits per heavy atom. The van der Waals surface area contributed by atoms with Crippen molar-refractivity contribution >= 4 is 51.4 Å². The highest BCUT2D eigenvalue weighted by Crippen LogP contribution is 2.43. The van der Waals surface area contributed by atoms with Crippen LogP contribution in [0.15, 0.2) is 41.1 Å². The molecule has 2 aliphatic heterocycles. The highest BCUT2D eigenvalue weighted by atomic mass is 32.1. The van der Waals surface area contributed by atoms with Crippen LogP contribution in [0.25, 0.3) is 11.6 Å². The van der Waals surface area contributed by atoms with Crippen molar-refractivity contribution in [2.45, 2.75) is 12.6 Å². The number of amidine groups is 1. The average molecular weight is 504 g/mol. The molecule has 1 saturated heterocycles. The molecule has 1 amide bonds. The molecule has 3 aromatic heterocycles. The smallest absolute Gasteiger partial charge is 0.277 e. The largest absolute Gasteiger partial charge is 0.378 e. The molecule has 182 valence electrons. The van der Waals surface area contributed by atoms with Gasteiger partial charge in [0.2, 0.25) is 5.95 Å². The number of hydroxylamine groups is 1. The van der Waals surface area contributed by atoms with Gasteiger partial charge in [-0.2, -0.15) is 5.10 Å². The van der Waals surface area contributed by atoms with E-state index in [0.717, 1.165) is 51.3 Å². The van der Waals surface area contributed by atoms with Gasteiger partial charge in [0.05, 0.1) is 51.8 Å². The third kappa shape index (κ3) is 3.87. The van der Waals surface area contributed by atoms with Crippen LogP contribution in [-0.4, -0.2) is 74.0 Å². The van der Waals surface area contributed by atoms with Crippen molar-refractivity contribution in [2.24, 2.45) is 4.99 Å². The van der Waals surface area contributed by atoms with Gasteiger partial charge in [-0.1, -0.05) is 11.5 Å². The number of nitrogens with one attached hydrogen (secondary N) is 4. The van der Waals surface area contributed by atoms with Gasteiger partial charge in [-0.05, 0) is 13.0 Å². The molecule has 0 bridgehead atoms. The van der Waals surface area contributed by atoms with E-state index in [2.05, 4.69) is 47.2 Å². The number of fused-ring (bicyclic) bond motifs is 2. The van der Waals surface area contributed by atoms with Crippen molar-refractivity contribution in [1.82, 2.24) is 30.5 Å². The zero-order valence-corrected chi connectivity index (χ0v) is 19.9. The molecule has 0 aromatic carbocycles. The Balaban J connectivity index is 1.36. The van der Waals surface area contributed by atoms with E-state index < -0.39 is 11.6 Å². The molecule has 36 heavy (non-hydrogen) atoms. The molecule has 13 heteroatoms. The zero-order valence-electron chi connectivity index (χ0n) is 19.1. The number of H-pyrrole nitrogens is 1. The molecule has 0 saturated carbocycles. The summed E-state index contributed by atoms with van der Waals surface area (Å²) in [6.07, 6.45) is 6.27. The number of ether oxygens (including phenoxy) is 1. The minimum absolute atomic E-state index is 0.147. The summed E-state index contributed by atoms with van der Waals surface area (Å²) in [5.41, 5.74) is 10.8. The van der Waals surface area contributed by atoms with Crippen LogP contribution in [0.1, 0.15) is 33.4 Å². The zero-order chi connectivity index (χ0) is 24.7. The maximum Gasteiger partial charge on any atom is 0.277 e. The summed E-state index contributed by atoms with van der Waals surface area (Å²) < 4.78 is 5.58. The van der Waals surface area contributed by atoms with Gasteiger partial charge < -0.3 is 20.3 Å². The van der Waals surface area contributed by atoms with E-state index in [1.807, 2.05) is 19.1 Å². The molecule has 6 rings (SSSR count). The van der Waals surface area contributed by atoms with Crippen LogP contribution in [0.2, 0.25) is 0 Å². The number of carbonyl (C=O) groups excluding carboxylic acids is 1. The van der Waals surface area contributed by atoms with Crippen molar-refractivity contribution in [3.63, 3.8) is 0 Å². The van der Waals surface area contributed by atoms with Crippen molar-refractivity contribution in [3.8, 4) is 0 Å². The first-order valence-corrected chi connectivity index (χ1v) is 12.0. The second-order valence-electron chi connectivity index (χ2n) is 8.43. The Morgan fingerprint density at radius 3 is 2.86 bits per heavy atom. The number of aromatic nitrogens is 4. The van der Waals surface area contributed by atoms with E-state index in [-0.39, 0.29) is 5.56 Å². The molecular formula is C23H21N9O3S. The molecular weight excluding hydrogens is 482 g/mol. The number of aromatic amines is 1. The Morgan fingerprint density at radius 2 is 2.08 bits per heavy atom. The van der Waals surface area contributed by atoms with Gasteiger partial charge in [0.25, 0.3) is 5.91 Å². The normalized spacial score (nSPS) is 20.1. The lowest BCUT2D eigenvalue weighted by molar-refractivity contribution is 0.0680. The predicted octanol–water partition coefficient (Wildman–Crippen LogP) is 2.21. The fraction of sp³-hybridized carbons (Fsp3) is 0.261. The van der Waals surface area contributed by atoms with Crippen LogP contribution in [-0.2, 0) is 4.74 Å².